The Hall–Kier alpha value is -4.22. The van der Waals surface area contributed by atoms with Crippen molar-refractivity contribution in [1.29, 1.82) is 5.26 Å². The molecule has 0 saturated carbocycles. The lowest BCUT2D eigenvalue weighted by Crippen LogP contribution is -2.29. The number of carbonyl (C=O) groups excluding carboxylic acids is 2. The van der Waals surface area contributed by atoms with Crippen LogP contribution in [0.15, 0.2) is 93.6 Å². The van der Waals surface area contributed by atoms with Crippen molar-refractivity contribution < 1.29 is 18.7 Å². The molecule has 37 heavy (non-hydrogen) atoms. The summed E-state index contributed by atoms with van der Waals surface area (Å²) in [4.78, 5) is 26.1. The number of amides is 1. The van der Waals surface area contributed by atoms with Gasteiger partial charge in [-0.1, -0.05) is 67.2 Å². The average molecular weight is 514 g/mol. The van der Waals surface area contributed by atoms with Crippen LogP contribution in [-0.2, 0) is 20.7 Å². The molecule has 0 radical (unpaired) electrons. The SMILES string of the molecule is CCOC(=O)C1=C(c2ccccc2)NC(SCC(=O)Nc2ccccc2CC)=C(C#N)C1c1ccco1. The van der Waals surface area contributed by atoms with Gasteiger partial charge in [0.1, 0.15) is 5.76 Å². The minimum Gasteiger partial charge on any atom is -0.468 e. The highest BCUT2D eigenvalue weighted by atomic mass is 32.2. The number of ether oxygens (including phenoxy) is 1. The third kappa shape index (κ3) is 5.79. The zero-order chi connectivity index (χ0) is 26.2. The summed E-state index contributed by atoms with van der Waals surface area (Å²) >= 11 is 1.20. The first-order valence-corrected chi connectivity index (χ1v) is 13.0. The van der Waals surface area contributed by atoms with Crippen molar-refractivity contribution in [3.05, 3.63) is 106 Å². The first kappa shape index (κ1) is 25.9. The van der Waals surface area contributed by atoms with E-state index in [1.807, 2.05) is 61.5 Å². The summed E-state index contributed by atoms with van der Waals surface area (Å²) in [5, 5.41) is 16.9. The molecule has 0 fully saturated rings. The second kappa shape index (κ2) is 12.2. The molecule has 4 rings (SSSR count). The molecule has 1 aliphatic heterocycles. The molecule has 7 nitrogen and oxygen atoms in total. The van der Waals surface area contributed by atoms with E-state index in [4.69, 9.17) is 9.15 Å². The average Bonchev–Trinajstić information content (AvgIpc) is 3.46. The first-order valence-electron chi connectivity index (χ1n) is 12.0. The maximum atomic E-state index is 13.2. The van der Waals surface area contributed by atoms with Crippen molar-refractivity contribution in [2.75, 3.05) is 17.7 Å². The van der Waals surface area contributed by atoms with Crippen LogP contribution in [0.2, 0.25) is 0 Å². The number of esters is 1. The summed E-state index contributed by atoms with van der Waals surface area (Å²) in [7, 11) is 0. The number of thioether (sulfide) groups is 1. The predicted molar refractivity (Wildman–Crippen MR) is 144 cm³/mol. The van der Waals surface area contributed by atoms with Gasteiger partial charge in [0, 0.05) is 5.69 Å². The molecule has 8 heteroatoms. The minimum absolute atomic E-state index is 0.0627. The Bertz CT molecular complexity index is 1370. The number of nitrogens with one attached hydrogen (secondary N) is 2. The zero-order valence-electron chi connectivity index (χ0n) is 20.6. The highest BCUT2D eigenvalue weighted by Gasteiger charge is 2.38. The van der Waals surface area contributed by atoms with Crippen LogP contribution in [0, 0.1) is 11.3 Å². The van der Waals surface area contributed by atoms with Crippen LogP contribution < -0.4 is 10.6 Å². The summed E-state index contributed by atoms with van der Waals surface area (Å²) in [5.41, 5.74) is 3.64. The van der Waals surface area contributed by atoms with Crippen LogP contribution in [0.5, 0.6) is 0 Å². The van der Waals surface area contributed by atoms with Crippen LogP contribution in [0.25, 0.3) is 5.70 Å². The van der Waals surface area contributed by atoms with Gasteiger partial charge < -0.3 is 19.8 Å². The largest absolute Gasteiger partial charge is 0.468 e. The Morgan fingerprint density at radius 2 is 1.84 bits per heavy atom. The van der Waals surface area contributed by atoms with Crippen LogP contribution in [-0.4, -0.2) is 24.2 Å². The van der Waals surface area contributed by atoms with Gasteiger partial charge in [-0.3, -0.25) is 4.79 Å². The number of anilines is 1. The lowest BCUT2D eigenvalue weighted by Gasteiger charge is -2.29. The molecule has 0 bridgehead atoms. The van der Waals surface area contributed by atoms with Crippen molar-refractivity contribution in [3.63, 3.8) is 0 Å². The number of para-hydroxylation sites is 1. The third-order valence-electron chi connectivity index (χ3n) is 5.86. The molecule has 1 amide bonds. The van der Waals surface area contributed by atoms with Crippen molar-refractivity contribution in [2.45, 2.75) is 26.2 Å². The van der Waals surface area contributed by atoms with E-state index in [0.29, 0.717) is 16.5 Å². The zero-order valence-corrected chi connectivity index (χ0v) is 21.4. The second-order valence-electron chi connectivity index (χ2n) is 8.15. The number of allylic oxidation sites excluding steroid dienone is 1. The minimum atomic E-state index is -0.790. The highest BCUT2D eigenvalue weighted by Crippen LogP contribution is 2.43. The van der Waals surface area contributed by atoms with Gasteiger partial charge in [0.25, 0.3) is 0 Å². The molecule has 2 heterocycles. The summed E-state index contributed by atoms with van der Waals surface area (Å²) in [6.45, 7) is 3.95. The Labute approximate surface area is 220 Å². The number of rotatable bonds is 9. The molecule has 0 saturated heterocycles. The van der Waals surface area contributed by atoms with Crippen LogP contribution >= 0.6 is 11.8 Å². The molecular weight excluding hydrogens is 486 g/mol. The Kier molecular flexibility index (Phi) is 8.49. The van der Waals surface area contributed by atoms with Crippen molar-refractivity contribution in [2.24, 2.45) is 0 Å². The van der Waals surface area contributed by atoms with Gasteiger partial charge in [-0.25, -0.2) is 4.79 Å². The second-order valence-corrected chi connectivity index (χ2v) is 9.14. The summed E-state index contributed by atoms with van der Waals surface area (Å²) in [6, 6.07) is 22.7. The molecule has 1 atom stereocenters. The molecule has 1 aliphatic rings. The first-order chi connectivity index (χ1) is 18.1. The molecule has 3 aromatic rings. The van der Waals surface area contributed by atoms with Crippen molar-refractivity contribution in [3.8, 4) is 6.07 Å². The number of nitrogens with zero attached hydrogens (tertiary/aromatic N) is 1. The van der Waals surface area contributed by atoms with E-state index in [0.717, 1.165) is 23.2 Å². The smallest absolute Gasteiger partial charge is 0.337 e. The number of hydrogen-bond acceptors (Lipinski definition) is 7. The fourth-order valence-corrected chi connectivity index (χ4v) is 5.01. The number of aryl methyl sites for hydroxylation is 1. The number of furan rings is 1. The van der Waals surface area contributed by atoms with Crippen LogP contribution in [0.4, 0.5) is 5.69 Å². The van der Waals surface area contributed by atoms with Gasteiger partial charge in [0.15, 0.2) is 0 Å². The molecule has 1 aromatic heterocycles. The maximum Gasteiger partial charge on any atom is 0.337 e. The van der Waals surface area contributed by atoms with E-state index in [9.17, 15) is 14.9 Å². The van der Waals surface area contributed by atoms with Gasteiger partial charge in [0.05, 0.1) is 52.5 Å². The molecule has 0 aliphatic carbocycles. The number of carbonyl (C=O) groups is 2. The molecule has 2 N–H and O–H groups in total. The van der Waals surface area contributed by atoms with Gasteiger partial charge in [-0.15, -0.1) is 0 Å². The van der Waals surface area contributed by atoms with Crippen LogP contribution in [0.1, 0.15) is 36.7 Å². The van der Waals surface area contributed by atoms with E-state index < -0.39 is 11.9 Å². The number of benzene rings is 2. The quantitative estimate of drug-likeness (QED) is 0.358. The standard InChI is InChI=1S/C29H27N3O4S/c1-3-19-11-8-9-14-22(19)31-24(33)18-37-28-21(17-30)25(23-15-10-16-36-23)26(29(34)35-4-2)27(32-28)20-12-6-5-7-13-20/h5-16,25,32H,3-4,18H2,1-2H3,(H,31,33). The Morgan fingerprint density at radius 1 is 1.08 bits per heavy atom. The van der Waals surface area contributed by atoms with E-state index >= 15 is 0 Å². The third-order valence-corrected chi connectivity index (χ3v) is 6.87. The lowest BCUT2D eigenvalue weighted by molar-refractivity contribution is -0.138. The van der Waals surface area contributed by atoms with E-state index in [1.165, 1.54) is 18.0 Å². The number of dihydropyridines is 1. The molecule has 188 valence electrons. The maximum absolute atomic E-state index is 13.2. The van der Waals surface area contributed by atoms with Crippen molar-refractivity contribution >= 4 is 35.0 Å². The van der Waals surface area contributed by atoms with Gasteiger partial charge in [-0.05, 0) is 42.7 Å². The van der Waals surface area contributed by atoms with Gasteiger partial charge >= 0.3 is 5.97 Å². The fraction of sp³-hybridized carbons (Fsp3) is 0.207. The van der Waals surface area contributed by atoms with Gasteiger partial charge in [-0.2, -0.15) is 5.26 Å². The summed E-state index contributed by atoms with van der Waals surface area (Å²) in [6.07, 6.45) is 2.30. The van der Waals surface area contributed by atoms with Gasteiger partial charge in [0.2, 0.25) is 5.91 Å². The van der Waals surface area contributed by atoms with E-state index in [2.05, 4.69) is 16.7 Å². The number of nitriles is 1. The molecule has 2 aromatic carbocycles. The van der Waals surface area contributed by atoms with E-state index in [-0.39, 0.29) is 29.4 Å². The normalized spacial score (nSPS) is 15.1. The number of hydrogen-bond donors (Lipinski definition) is 2. The van der Waals surface area contributed by atoms with E-state index in [1.54, 1.807) is 19.1 Å². The Morgan fingerprint density at radius 3 is 2.51 bits per heavy atom. The highest BCUT2D eigenvalue weighted by molar-refractivity contribution is 8.03. The molecule has 1 unspecified atom stereocenters. The van der Waals surface area contributed by atoms with Crippen LogP contribution in [0.3, 0.4) is 0 Å². The summed E-state index contributed by atoms with van der Waals surface area (Å²) in [5.74, 6) is -1.03. The summed E-state index contributed by atoms with van der Waals surface area (Å²) < 4.78 is 11.1. The Balaban J connectivity index is 1.71. The molecule has 0 spiro atoms. The molecular formula is C29H27N3O4S. The fourth-order valence-electron chi connectivity index (χ4n) is 4.17. The monoisotopic (exact) mass is 513 g/mol. The lowest BCUT2D eigenvalue weighted by atomic mass is 9.84. The predicted octanol–water partition coefficient (Wildman–Crippen LogP) is 5.61. The van der Waals surface area contributed by atoms with Crippen molar-refractivity contribution in [1.82, 2.24) is 5.32 Å². The topological polar surface area (TPSA) is 104 Å².